The maximum atomic E-state index is 5.53. The van der Waals surface area contributed by atoms with Crippen LogP contribution in [0.15, 0.2) is 28.9 Å². The van der Waals surface area contributed by atoms with Crippen molar-refractivity contribution in [1.82, 2.24) is 10.3 Å². The quantitative estimate of drug-likeness (QED) is 0.696. The molecule has 1 aromatic heterocycles. The van der Waals surface area contributed by atoms with Gasteiger partial charge < -0.3 is 11.5 Å². The summed E-state index contributed by atoms with van der Waals surface area (Å²) in [5, 5.41) is 7.14. The largest absolute Gasteiger partial charge is 0.399 e. The molecule has 2 rings (SSSR count). The molecular formula is C8H9ClN4O. The molecule has 6 heteroatoms. The molecule has 0 bridgehead atoms. The molecule has 0 unspecified atom stereocenters. The van der Waals surface area contributed by atoms with Gasteiger partial charge in [0.25, 0.3) is 0 Å². The van der Waals surface area contributed by atoms with E-state index in [1.165, 1.54) is 0 Å². The molecule has 2 aromatic rings. The van der Waals surface area contributed by atoms with Crippen molar-refractivity contribution >= 4 is 23.9 Å². The fourth-order valence-corrected chi connectivity index (χ4v) is 1.04. The molecule has 5 nitrogen and oxygen atoms in total. The zero-order chi connectivity index (χ0) is 9.26. The first-order valence-corrected chi connectivity index (χ1v) is 3.71. The van der Waals surface area contributed by atoms with Crippen LogP contribution in [0.5, 0.6) is 0 Å². The summed E-state index contributed by atoms with van der Waals surface area (Å²) in [6.45, 7) is 0. The van der Waals surface area contributed by atoms with Gasteiger partial charge in [-0.3, -0.25) is 0 Å². The van der Waals surface area contributed by atoms with Gasteiger partial charge in [0.15, 0.2) is 11.5 Å². The Morgan fingerprint density at radius 1 is 1.00 bits per heavy atom. The van der Waals surface area contributed by atoms with Crippen molar-refractivity contribution in [2.45, 2.75) is 0 Å². The summed E-state index contributed by atoms with van der Waals surface area (Å²) in [6.07, 6.45) is 0. The van der Waals surface area contributed by atoms with Gasteiger partial charge in [-0.05, 0) is 22.4 Å². The smallest absolute Gasteiger partial charge is 0.196 e. The Morgan fingerprint density at radius 2 is 1.64 bits per heavy atom. The van der Waals surface area contributed by atoms with E-state index in [0.29, 0.717) is 11.4 Å². The Morgan fingerprint density at radius 3 is 2.14 bits per heavy atom. The maximum absolute atomic E-state index is 5.53. The number of nitrogen functional groups attached to an aromatic ring is 2. The van der Waals surface area contributed by atoms with E-state index < -0.39 is 0 Å². The first kappa shape index (κ1) is 10.3. The van der Waals surface area contributed by atoms with Gasteiger partial charge in [-0.15, -0.1) is 12.4 Å². The van der Waals surface area contributed by atoms with Crippen LogP contribution in [0, 0.1) is 0 Å². The molecule has 0 radical (unpaired) electrons. The fourth-order valence-electron chi connectivity index (χ4n) is 1.04. The van der Waals surface area contributed by atoms with E-state index in [-0.39, 0.29) is 18.2 Å². The average Bonchev–Trinajstić information content (AvgIpc) is 2.53. The monoisotopic (exact) mass is 212 g/mol. The van der Waals surface area contributed by atoms with Gasteiger partial charge in [-0.2, -0.15) is 0 Å². The second-order valence-corrected chi connectivity index (χ2v) is 2.62. The summed E-state index contributed by atoms with van der Waals surface area (Å²) in [5.74, 6) is 0.282. The van der Waals surface area contributed by atoms with Crippen molar-refractivity contribution in [3.63, 3.8) is 0 Å². The van der Waals surface area contributed by atoms with E-state index in [9.17, 15) is 0 Å². The van der Waals surface area contributed by atoms with Crippen LogP contribution in [-0.4, -0.2) is 10.3 Å². The van der Waals surface area contributed by atoms with Crippen molar-refractivity contribution in [1.29, 1.82) is 0 Å². The van der Waals surface area contributed by atoms with Gasteiger partial charge in [0.1, 0.15) is 0 Å². The highest BCUT2D eigenvalue weighted by molar-refractivity contribution is 5.85. The molecule has 0 fully saturated rings. The summed E-state index contributed by atoms with van der Waals surface area (Å²) in [7, 11) is 0. The second-order valence-electron chi connectivity index (χ2n) is 2.62. The zero-order valence-corrected chi connectivity index (χ0v) is 7.99. The summed E-state index contributed by atoms with van der Waals surface area (Å²) in [5.41, 5.74) is 13.1. The molecule has 0 saturated heterocycles. The molecule has 14 heavy (non-hydrogen) atoms. The Hall–Kier alpha value is -1.75. The average molecular weight is 213 g/mol. The molecule has 0 atom stereocenters. The molecule has 0 spiro atoms. The molecule has 4 N–H and O–H groups in total. The van der Waals surface area contributed by atoms with E-state index in [2.05, 4.69) is 14.9 Å². The lowest BCUT2D eigenvalue weighted by Gasteiger charge is -1.96. The number of aromatic nitrogens is 2. The van der Waals surface area contributed by atoms with Crippen molar-refractivity contribution in [3.05, 3.63) is 24.3 Å². The second kappa shape index (κ2) is 3.97. The summed E-state index contributed by atoms with van der Waals surface area (Å²) in [4.78, 5) is 0. The Balaban J connectivity index is 0.000000980. The number of halogens is 1. The van der Waals surface area contributed by atoms with Crippen LogP contribution in [-0.2, 0) is 0 Å². The SMILES string of the molecule is Cl.Nc1ccc(-c2nonc2N)cc1. The summed E-state index contributed by atoms with van der Waals surface area (Å²) >= 11 is 0. The van der Waals surface area contributed by atoms with Crippen LogP contribution in [0.2, 0.25) is 0 Å². The van der Waals surface area contributed by atoms with Crippen molar-refractivity contribution in [2.24, 2.45) is 0 Å². The third kappa shape index (κ3) is 1.77. The van der Waals surface area contributed by atoms with E-state index in [4.69, 9.17) is 11.5 Å². The molecular weight excluding hydrogens is 204 g/mol. The minimum absolute atomic E-state index is 0. The Labute approximate surface area is 86.5 Å². The predicted molar refractivity (Wildman–Crippen MR) is 55.8 cm³/mol. The highest BCUT2D eigenvalue weighted by atomic mass is 35.5. The van der Waals surface area contributed by atoms with E-state index in [1.54, 1.807) is 12.1 Å². The lowest BCUT2D eigenvalue weighted by molar-refractivity contribution is 0.310. The number of nitrogens with zero attached hydrogens (tertiary/aromatic N) is 2. The topological polar surface area (TPSA) is 91.0 Å². The standard InChI is InChI=1S/C8H8N4O.ClH/c9-6-3-1-5(2-4-6)7-8(10)12-13-11-7;/h1-4H,9H2,(H2,10,12);1H. The third-order valence-corrected chi connectivity index (χ3v) is 1.70. The highest BCUT2D eigenvalue weighted by Gasteiger charge is 2.07. The van der Waals surface area contributed by atoms with Gasteiger partial charge in [0, 0.05) is 11.3 Å². The number of rotatable bonds is 1. The molecule has 1 heterocycles. The number of hydrogen-bond donors (Lipinski definition) is 2. The zero-order valence-electron chi connectivity index (χ0n) is 7.18. The number of anilines is 2. The number of nitrogens with two attached hydrogens (primary N) is 2. The van der Waals surface area contributed by atoms with E-state index in [0.717, 1.165) is 5.56 Å². The van der Waals surface area contributed by atoms with E-state index in [1.807, 2.05) is 12.1 Å². The molecule has 0 aliphatic carbocycles. The van der Waals surface area contributed by atoms with Crippen LogP contribution in [0.1, 0.15) is 0 Å². The Kier molecular flexibility index (Phi) is 2.93. The molecule has 0 aliphatic heterocycles. The summed E-state index contributed by atoms with van der Waals surface area (Å²) in [6, 6.07) is 7.16. The van der Waals surface area contributed by atoms with Crippen molar-refractivity contribution in [3.8, 4) is 11.3 Å². The van der Waals surface area contributed by atoms with Gasteiger partial charge in [0.05, 0.1) is 0 Å². The molecule has 1 aromatic carbocycles. The molecule has 74 valence electrons. The van der Waals surface area contributed by atoms with Gasteiger partial charge >= 0.3 is 0 Å². The minimum atomic E-state index is 0. The first-order chi connectivity index (χ1) is 6.27. The molecule has 0 saturated carbocycles. The minimum Gasteiger partial charge on any atom is -0.399 e. The van der Waals surface area contributed by atoms with Crippen LogP contribution in [0.3, 0.4) is 0 Å². The van der Waals surface area contributed by atoms with Crippen LogP contribution in [0.25, 0.3) is 11.3 Å². The Bertz CT molecular complexity index is 412. The van der Waals surface area contributed by atoms with Crippen molar-refractivity contribution in [2.75, 3.05) is 11.5 Å². The lowest BCUT2D eigenvalue weighted by atomic mass is 10.1. The first-order valence-electron chi connectivity index (χ1n) is 3.71. The number of hydrogen-bond acceptors (Lipinski definition) is 5. The van der Waals surface area contributed by atoms with Crippen LogP contribution >= 0.6 is 12.4 Å². The van der Waals surface area contributed by atoms with Crippen LogP contribution < -0.4 is 11.5 Å². The van der Waals surface area contributed by atoms with Gasteiger partial charge in [-0.25, -0.2) is 4.63 Å². The fraction of sp³-hybridized carbons (Fsp3) is 0. The third-order valence-electron chi connectivity index (χ3n) is 1.70. The highest BCUT2D eigenvalue weighted by Crippen LogP contribution is 2.22. The van der Waals surface area contributed by atoms with E-state index >= 15 is 0 Å². The van der Waals surface area contributed by atoms with Gasteiger partial charge in [-0.1, -0.05) is 12.1 Å². The van der Waals surface area contributed by atoms with Crippen molar-refractivity contribution < 1.29 is 4.63 Å². The lowest BCUT2D eigenvalue weighted by Crippen LogP contribution is -1.89. The normalized spacial score (nSPS) is 9.43. The molecule has 0 aliphatic rings. The maximum Gasteiger partial charge on any atom is 0.196 e. The molecule has 0 amide bonds. The van der Waals surface area contributed by atoms with Gasteiger partial charge in [0.2, 0.25) is 0 Å². The summed E-state index contributed by atoms with van der Waals surface area (Å²) < 4.78 is 4.47. The van der Waals surface area contributed by atoms with Crippen LogP contribution in [0.4, 0.5) is 11.5 Å². The predicted octanol–water partition coefficient (Wildman–Crippen LogP) is 1.32. The number of benzene rings is 1.